The van der Waals surface area contributed by atoms with Gasteiger partial charge in [-0.3, -0.25) is 9.48 Å². The van der Waals surface area contributed by atoms with Gasteiger partial charge in [-0.05, 0) is 38.4 Å². The van der Waals surface area contributed by atoms with Crippen molar-refractivity contribution in [2.75, 3.05) is 26.0 Å². The average Bonchev–Trinajstić information content (AvgIpc) is 2.84. The molecule has 0 saturated heterocycles. The highest BCUT2D eigenvalue weighted by Gasteiger charge is 2.07. The van der Waals surface area contributed by atoms with Gasteiger partial charge in [0.1, 0.15) is 0 Å². The molecule has 0 saturated carbocycles. The van der Waals surface area contributed by atoms with E-state index < -0.39 is 0 Å². The van der Waals surface area contributed by atoms with Gasteiger partial charge in [0.05, 0.1) is 18.4 Å². The van der Waals surface area contributed by atoms with Crippen LogP contribution in [0.4, 0.5) is 5.69 Å². The Hall–Kier alpha value is -1.85. The first-order chi connectivity index (χ1) is 9.54. The number of halogens is 1. The van der Waals surface area contributed by atoms with Crippen molar-refractivity contribution in [2.45, 2.75) is 6.54 Å². The first-order valence-corrected chi connectivity index (χ1v) is 6.66. The highest BCUT2D eigenvalue weighted by molar-refractivity contribution is 6.30. The summed E-state index contributed by atoms with van der Waals surface area (Å²) in [4.78, 5) is 14.1. The summed E-state index contributed by atoms with van der Waals surface area (Å²) >= 11 is 5.79. The molecule has 0 atom stereocenters. The van der Waals surface area contributed by atoms with Gasteiger partial charge in [0.25, 0.3) is 5.91 Å². The maximum Gasteiger partial charge on any atom is 0.255 e. The molecule has 1 N–H and O–H groups in total. The smallest absolute Gasteiger partial charge is 0.255 e. The second-order valence-electron chi connectivity index (χ2n) is 4.76. The SMILES string of the molecule is CN(C)CCn1cc(NC(=O)c2ccc(Cl)cc2)cn1. The first-order valence-electron chi connectivity index (χ1n) is 6.29. The molecular weight excluding hydrogens is 276 g/mol. The van der Waals surface area contributed by atoms with E-state index in [9.17, 15) is 4.79 Å². The summed E-state index contributed by atoms with van der Waals surface area (Å²) in [6.07, 6.45) is 3.46. The molecular formula is C14H17ClN4O. The van der Waals surface area contributed by atoms with Crippen LogP contribution >= 0.6 is 11.6 Å². The van der Waals surface area contributed by atoms with Gasteiger partial charge in [-0.15, -0.1) is 0 Å². The minimum Gasteiger partial charge on any atom is -0.319 e. The van der Waals surface area contributed by atoms with Crippen molar-refractivity contribution < 1.29 is 4.79 Å². The number of aromatic nitrogens is 2. The average molecular weight is 293 g/mol. The summed E-state index contributed by atoms with van der Waals surface area (Å²) in [5, 5.41) is 7.62. The van der Waals surface area contributed by atoms with E-state index in [1.54, 1.807) is 35.1 Å². The molecule has 0 bridgehead atoms. The standard InChI is InChI=1S/C14H17ClN4O/c1-18(2)7-8-19-10-13(9-16-19)17-14(20)11-3-5-12(15)6-4-11/h3-6,9-10H,7-8H2,1-2H3,(H,17,20). The lowest BCUT2D eigenvalue weighted by Gasteiger charge is -2.08. The molecule has 1 aromatic heterocycles. The quantitative estimate of drug-likeness (QED) is 0.920. The molecule has 20 heavy (non-hydrogen) atoms. The minimum absolute atomic E-state index is 0.172. The number of anilines is 1. The molecule has 0 aliphatic heterocycles. The Labute approximate surface area is 123 Å². The van der Waals surface area contributed by atoms with Gasteiger partial charge in [-0.25, -0.2) is 0 Å². The molecule has 0 aliphatic carbocycles. The third-order valence-electron chi connectivity index (χ3n) is 2.77. The Kier molecular flexibility index (Phi) is 4.76. The summed E-state index contributed by atoms with van der Waals surface area (Å²) in [6.45, 7) is 1.68. The number of rotatable bonds is 5. The Morgan fingerprint density at radius 3 is 2.70 bits per heavy atom. The van der Waals surface area contributed by atoms with E-state index in [0.29, 0.717) is 16.3 Å². The van der Waals surface area contributed by atoms with Crippen molar-refractivity contribution >= 4 is 23.2 Å². The Morgan fingerprint density at radius 1 is 1.35 bits per heavy atom. The number of likely N-dealkylation sites (N-methyl/N-ethyl adjacent to an activating group) is 1. The van der Waals surface area contributed by atoms with Gasteiger partial charge in [-0.1, -0.05) is 11.6 Å². The predicted molar refractivity (Wildman–Crippen MR) is 80.2 cm³/mol. The van der Waals surface area contributed by atoms with Crippen molar-refractivity contribution in [1.82, 2.24) is 14.7 Å². The zero-order valence-electron chi connectivity index (χ0n) is 11.5. The Morgan fingerprint density at radius 2 is 2.05 bits per heavy atom. The van der Waals surface area contributed by atoms with Gasteiger partial charge < -0.3 is 10.2 Å². The lowest BCUT2D eigenvalue weighted by Crippen LogP contribution is -2.18. The van der Waals surface area contributed by atoms with Crippen molar-refractivity contribution in [2.24, 2.45) is 0 Å². The molecule has 1 aromatic carbocycles. The molecule has 1 amide bonds. The van der Waals surface area contributed by atoms with Gasteiger partial charge in [-0.2, -0.15) is 5.10 Å². The number of benzene rings is 1. The molecule has 6 heteroatoms. The monoisotopic (exact) mass is 292 g/mol. The maximum absolute atomic E-state index is 12.0. The van der Waals surface area contributed by atoms with Crippen LogP contribution in [0.25, 0.3) is 0 Å². The highest BCUT2D eigenvalue weighted by atomic mass is 35.5. The van der Waals surface area contributed by atoms with Gasteiger partial charge in [0.15, 0.2) is 0 Å². The number of hydrogen-bond donors (Lipinski definition) is 1. The van der Waals surface area contributed by atoms with Crippen LogP contribution in [0.2, 0.25) is 5.02 Å². The summed E-state index contributed by atoms with van der Waals surface area (Å²) in [5.41, 5.74) is 1.25. The van der Waals surface area contributed by atoms with Crippen LogP contribution < -0.4 is 5.32 Å². The van der Waals surface area contributed by atoms with Gasteiger partial charge >= 0.3 is 0 Å². The molecule has 2 aromatic rings. The van der Waals surface area contributed by atoms with E-state index in [1.807, 2.05) is 20.3 Å². The minimum atomic E-state index is -0.172. The maximum atomic E-state index is 12.0. The van der Waals surface area contributed by atoms with Crippen molar-refractivity contribution in [3.8, 4) is 0 Å². The van der Waals surface area contributed by atoms with Crippen LogP contribution in [0, 0.1) is 0 Å². The van der Waals surface area contributed by atoms with Crippen molar-refractivity contribution in [3.63, 3.8) is 0 Å². The zero-order valence-corrected chi connectivity index (χ0v) is 12.3. The molecule has 106 valence electrons. The first kappa shape index (κ1) is 14.6. The van der Waals surface area contributed by atoms with E-state index in [0.717, 1.165) is 13.1 Å². The number of hydrogen-bond acceptors (Lipinski definition) is 3. The van der Waals surface area contributed by atoms with Gasteiger partial charge in [0, 0.05) is 23.3 Å². The summed E-state index contributed by atoms with van der Waals surface area (Å²) in [7, 11) is 4.01. The number of nitrogens with zero attached hydrogens (tertiary/aromatic N) is 3. The molecule has 5 nitrogen and oxygen atoms in total. The van der Waals surface area contributed by atoms with E-state index in [2.05, 4.69) is 15.3 Å². The summed E-state index contributed by atoms with van der Waals surface area (Å²) in [6, 6.07) is 6.76. The topological polar surface area (TPSA) is 50.2 Å². The Bertz CT molecular complexity index is 577. The Balaban J connectivity index is 1.96. The van der Waals surface area contributed by atoms with Crippen LogP contribution in [-0.2, 0) is 6.54 Å². The fourth-order valence-electron chi connectivity index (χ4n) is 1.66. The normalized spacial score (nSPS) is 10.8. The van der Waals surface area contributed by atoms with Crippen molar-refractivity contribution in [1.29, 1.82) is 0 Å². The third kappa shape index (κ3) is 4.08. The van der Waals surface area contributed by atoms with Gasteiger partial charge in [0.2, 0.25) is 0 Å². The summed E-state index contributed by atoms with van der Waals surface area (Å²) in [5.74, 6) is -0.172. The van der Waals surface area contributed by atoms with Crippen LogP contribution in [0.5, 0.6) is 0 Å². The van der Waals surface area contributed by atoms with Crippen molar-refractivity contribution in [3.05, 3.63) is 47.2 Å². The van der Waals surface area contributed by atoms with Crippen LogP contribution in [-0.4, -0.2) is 41.2 Å². The summed E-state index contributed by atoms with van der Waals surface area (Å²) < 4.78 is 1.80. The lowest BCUT2D eigenvalue weighted by atomic mass is 10.2. The predicted octanol–water partition coefficient (Wildman–Crippen LogP) is 2.35. The molecule has 0 radical (unpaired) electrons. The second-order valence-corrected chi connectivity index (χ2v) is 5.19. The molecule has 2 rings (SSSR count). The molecule has 0 aliphatic rings. The largest absolute Gasteiger partial charge is 0.319 e. The van der Waals surface area contributed by atoms with E-state index >= 15 is 0 Å². The second kappa shape index (κ2) is 6.54. The van der Waals surface area contributed by atoms with E-state index in [1.165, 1.54) is 0 Å². The van der Waals surface area contributed by atoms with E-state index in [4.69, 9.17) is 11.6 Å². The van der Waals surface area contributed by atoms with E-state index in [-0.39, 0.29) is 5.91 Å². The fraction of sp³-hybridized carbons (Fsp3) is 0.286. The molecule has 0 spiro atoms. The van der Waals surface area contributed by atoms with Crippen LogP contribution in [0.15, 0.2) is 36.7 Å². The number of carbonyl (C=O) groups excluding carboxylic acids is 1. The van der Waals surface area contributed by atoms with Crippen LogP contribution in [0.3, 0.4) is 0 Å². The molecule has 0 unspecified atom stereocenters. The molecule has 1 heterocycles. The number of amides is 1. The fourth-order valence-corrected chi connectivity index (χ4v) is 1.78. The highest BCUT2D eigenvalue weighted by Crippen LogP contribution is 2.12. The lowest BCUT2D eigenvalue weighted by molar-refractivity contribution is 0.102. The van der Waals surface area contributed by atoms with Crippen LogP contribution in [0.1, 0.15) is 10.4 Å². The third-order valence-corrected chi connectivity index (χ3v) is 3.03. The number of carbonyl (C=O) groups is 1. The molecule has 0 fully saturated rings. The zero-order chi connectivity index (χ0) is 14.5. The number of nitrogens with one attached hydrogen (secondary N) is 1.